The number of nitrogens with one attached hydrogen (secondary N) is 1. The summed E-state index contributed by atoms with van der Waals surface area (Å²) in [6.45, 7) is 0. The van der Waals surface area contributed by atoms with Gasteiger partial charge in [0, 0.05) is 12.4 Å². The van der Waals surface area contributed by atoms with E-state index in [1.165, 1.54) is 18.7 Å². The molecular weight excluding hydrogens is 158 g/mol. The molecule has 2 heterocycles. The van der Waals surface area contributed by atoms with Crippen molar-refractivity contribution >= 4 is 17.0 Å². The number of aromatic nitrogens is 3. The van der Waals surface area contributed by atoms with Gasteiger partial charge in [-0.25, -0.2) is 14.8 Å². The third-order valence-corrected chi connectivity index (χ3v) is 1.59. The maximum absolute atomic E-state index is 10.6. The van der Waals surface area contributed by atoms with Crippen LogP contribution < -0.4 is 0 Å². The molecule has 0 radical (unpaired) electrons. The Balaban J connectivity index is 2.79. The lowest BCUT2D eigenvalue weighted by atomic mass is 10.2. The van der Waals surface area contributed by atoms with Crippen LogP contribution in [0.4, 0.5) is 0 Å². The van der Waals surface area contributed by atoms with E-state index in [-0.39, 0.29) is 5.56 Å². The predicted molar refractivity (Wildman–Crippen MR) is 40.8 cm³/mol. The fraction of sp³-hybridized carbons (Fsp3) is 0. The van der Waals surface area contributed by atoms with Crippen LogP contribution in [0.3, 0.4) is 0 Å². The van der Waals surface area contributed by atoms with E-state index in [2.05, 4.69) is 15.0 Å². The number of rotatable bonds is 1. The smallest absolute Gasteiger partial charge is 0.337 e. The zero-order valence-electron chi connectivity index (χ0n) is 5.98. The summed E-state index contributed by atoms with van der Waals surface area (Å²) in [5.41, 5.74) is 0.744. The van der Waals surface area contributed by atoms with Crippen LogP contribution in [0.15, 0.2) is 18.7 Å². The van der Waals surface area contributed by atoms with Crippen LogP contribution in [0.1, 0.15) is 10.4 Å². The van der Waals surface area contributed by atoms with Crippen LogP contribution >= 0.6 is 0 Å². The Labute approximate surface area is 67.1 Å². The topological polar surface area (TPSA) is 78.9 Å². The fourth-order valence-electron chi connectivity index (χ4n) is 1.04. The third-order valence-electron chi connectivity index (χ3n) is 1.59. The molecule has 2 N–H and O–H groups in total. The number of carboxylic acid groups (broad SMARTS) is 1. The average Bonchev–Trinajstić information content (AvgIpc) is 2.47. The minimum absolute atomic E-state index is 0.200. The molecule has 0 fully saturated rings. The Bertz CT molecular complexity index is 435. The number of aromatic amines is 1. The van der Waals surface area contributed by atoms with Crippen molar-refractivity contribution in [3.05, 3.63) is 24.3 Å². The second-order valence-electron chi connectivity index (χ2n) is 2.29. The molecule has 2 rings (SSSR count). The summed E-state index contributed by atoms with van der Waals surface area (Å²) >= 11 is 0. The van der Waals surface area contributed by atoms with Gasteiger partial charge in [0.2, 0.25) is 0 Å². The van der Waals surface area contributed by atoms with Gasteiger partial charge in [0.1, 0.15) is 12.0 Å². The highest BCUT2D eigenvalue weighted by Gasteiger charge is 2.09. The minimum Gasteiger partial charge on any atom is -0.478 e. The molecule has 0 spiro atoms. The first-order valence-corrected chi connectivity index (χ1v) is 3.29. The Morgan fingerprint density at radius 1 is 1.58 bits per heavy atom. The Hall–Kier alpha value is -1.91. The molecule has 0 aliphatic heterocycles. The van der Waals surface area contributed by atoms with Crippen molar-refractivity contribution in [3.63, 3.8) is 0 Å². The van der Waals surface area contributed by atoms with Crippen LogP contribution in [0.2, 0.25) is 0 Å². The van der Waals surface area contributed by atoms with Crippen molar-refractivity contribution in [2.45, 2.75) is 0 Å². The number of carbonyl (C=O) groups is 1. The van der Waals surface area contributed by atoms with Crippen LogP contribution in [0.5, 0.6) is 0 Å². The van der Waals surface area contributed by atoms with Crippen molar-refractivity contribution in [1.29, 1.82) is 0 Å². The number of hydrogen-bond donors (Lipinski definition) is 2. The first-order chi connectivity index (χ1) is 5.79. The van der Waals surface area contributed by atoms with Crippen molar-refractivity contribution in [3.8, 4) is 0 Å². The van der Waals surface area contributed by atoms with E-state index < -0.39 is 5.97 Å². The SMILES string of the molecule is O=C(O)c1c[nH]c2ncncc12. The normalized spacial score (nSPS) is 10.3. The largest absolute Gasteiger partial charge is 0.478 e. The van der Waals surface area contributed by atoms with Gasteiger partial charge < -0.3 is 10.1 Å². The molecule has 0 bridgehead atoms. The number of hydrogen-bond acceptors (Lipinski definition) is 3. The van der Waals surface area contributed by atoms with Gasteiger partial charge in [-0.05, 0) is 0 Å². The monoisotopic (exact) mass is 163 g/mol. The maximum atomic E-state index is 10.6. The third kappa shape index (κ3) is 0.833. The molecule has 5 nitrogen and oxygen atoms in total. The molecule has 2 aromatic heterocycles. The lowest BCUT2D eigenvalue weighted by Crippen LogP contribution is -1.93. The molecular formula is C7H5N3O2. The standard InChI is InChI=1S/C7H5N3O2/c11-7(12)5-2-9-6-4(5)1-8-3-10-6/h1-3H,(H,11,12)(H,8,9,10). The molecule has 0 atom stereocenters. The highest BCUT2D eigenvalue weighted by molar-refractivity contribution is 6.01. The van der Waals surface area contributed by atoms with E-state index >= 15 is 0 Å². The number of fused-ring (bicyclic) bond motifs is 1. The quantitative estimate of drug-likeness (QED) is 0.647. The highest BCUT2D eigenvalue weighted by Crippen LogP contribution is 2.13. The first-order valence-electron chi connectivity index (χ1n) is 3.29. The predicted octanol–water partition coefficient (Wildman–Crippen LogP) is 0.656. The Kier molecular flexibility index (Phi) is 1.30. The van der Waals surface area contributed by atoms with E-state index in [1.807, 2.05) is 0 Å². The fourth-order valence-corrected chi connectivity index (χ4v) is 1.04. The van der Waals surface area contributed by atoms with E-state index in [9.17, 15) is 4.79 Å². The molecule has 0 amide bonds. The van der Waals surface area contributed by atoms with E-state index in [4.69, 9.17) is 5.11 Å². The Morgan fingerprint density at radius 3 is 3.17 bits per heavy atom. The summed E-state index contributed by atoms with van der Waals surface area (Å²) < 4.78 is 0. The second kappa shape index (κ2) is 2.30. The van der Waals surface area contributed by atoms with Gasteiger partial charge in [-0.3, -0.25) is 0 Å². The van der Waals surface area contributed by atoms with Crippen molar-refractivity contribution in [2.24, 2.45) is 0 Å². The van der Waals surface area contributed by atoms with Gasteiger partial charge in [-0.2, -0.15) is 0 Å². The summed E-state index contributed by atoms with van der Waals surface area (Å²) in [4.78, 5) is 20.9. The lowest BCUT2D eigenvalue weighted by Gasteiger charge is -1.88. The summed E-state index contributed by atoms with van der Waals surface area (Å²) in [6.07, 6.45) is 4.24. The molecule has 0 aliphatic rings. The molecule has 0 aliphatic carbocycles. The zero-order chi connectivity index (χ0) is 8.55. The molecule has 0 aromatic carbocycles. The summed E-state index contributed by atoms with van der Waals surface area (Å²) in [7, 11) is 0. The molecule has 12 heavy (non-hydrogen) atoms. The van der Waals surface area contributed by atoms with Gasteiger partial charge in [0.05, 0.1) is 10.9 Å². The molecule has 5 heteroatoms. The Morgan fingerprint density at radius 2 is 2.42 bits per heavy atom. The van der Waals surface area contributed by atoms with Crippen LogP contribution in [-0.2, 0) is 0 Å². The molecule has 60 valence electrons. The summed E-state index contributed by atoms with van der Waals surface area (Å²) in [5.74, 6) is -0.976. The molecule has 0 saturated heterocycles. The van der Waals surface area contributed by atoms with Gasteiger partial charge in [0.15, 0.2) is 0 Å². The zero-order valence-corrected chi connectivity index (χ0v) is 5.98. The van der Waals surface area contributed by atoms with Crippen molar-refractivity contribution in [1.82, 2.24) is 15.0 Å². The first kappa shape index (κ1) is 6.78. The number of H-pyrrole nitrogens is 1. The van der Waals surface area contributed by atoms with Crippen molar-refractivity contribution in [2.75, 3.05) is 0 Å². The molecule has 0 saturated carbocycles. The van der Waals surface area contributed by atoms with Crippen LogP contribution in [0, 0.1) is 0 Å². The van der Waals surface area contributed by atoms with E-state index in [0.29, 0.717) is 11.0 Å². The highest BCUT2D eigenvalue weighted by atomic mass is 16.4. The van der Waals surface area contributed by atoms with Gasteiger partial charge in [-0.15, -0.1) is 0 Å². The van der Waals surface area contributed by atoms with Gasteiger partial charge >= 0.3 is 5.97 Å². The summed E-state index contributed by atoms with van der Waals surface area (Å²) in [5, 5.41) is 9.23. The summed E-state index contributed by atoms with van der Waals surface area (Å²) in [6, 6.07) is 0. The van der Waals surface area contributed by atoms with Crippen molar-refractivity contribution < 1.29 is 9.90 Å². The van der Waals surface area contributed by atoms with Crippen LogP contribution in [-0.4, -0.2) is 26.0 Å². The maximum Gasteiger partial charge on any atom is 0.337 e. The molecule has 2 aromatic rings. The van der Waals surface area contributed by atoms with E-state index in [0.717, 1.165) is 0 Å². The van der Waals surface area contributed by atoms with E-state index in [1.54, 1.807) is 0 Å². The number of nitrogens with zero attached hydrogens (tertiary/aromatic N) is 2. The average molecular weight is 163 g/mol. The van der Waals surface area contributed by atoms with Crippen LogP contribution in [0.25, 0.3) is 11.0 Å². The minimum atomic E-state index is -0.976. The van der Waals surface area contributed by atoms with Gasteiger partial charge in [0.25, 0.3) is 0 Å². The number of carboxylic acids is 1. The van der Waals surface area contributed by atoms with Gasteiger partial charge in [-0.1, -0.05) is 0 Å². The second-order valence-corrected chi connectivity index (χ2v) is 2.29. The lowest BCUT2D eigenvalue weighted by molar-refractivity contribution is 0.0699. The molecule has 0 unspecified atom stereocenters. The number of aromatic carboxylic acids is 1.